The van der Waals surface area contributed by atoms with Crippen molar-refractivity contribution in [3.8, 4) is 0 Å². The lowest BCUT2D eigenvalue weighted by Crippen LogP contribution is -2.59. The molecule has 0 radical (unpaired) electrons. The van der Waals surface area contributed by atoms with Gasteiger partial charge in [-0.15, -0.1) is 0 Å². The number of amides is 10. The van der Waals surface area contributed by atoms with Gasteiger partial charge in [0.2, 0.25) is 59.1 Å². The molecule has 0 unspecified atom stereocenters. The van der Waals surface area contributed by atoms with E-state index in [-0.39, 0.29) is 122 Å². The maximum Gasteiger partial charge on any atom is 0.326 e. The van der Waals surface area contributed by atoms with Crippen LogP contribution in [0.5, 0.6) is 0 Å². The van der Waals surface area contributed by atoms with Crippen molar-refractivity contribution in [3.63, 3.8) is 0 Å². The van der Waals surface area contributed by atoms with E-state index in [1.165, 1.54) is 0 Å². The maximum absolute atomic E-state index is 14.3. The molecular formula is C51H87N19O18. The Morgan fingerprint density at radius 2 is 0.841 bits per heavy atom. The summed E-state index contributed by atoms with van der Waals surface area (Å²) in [7, 11) is 0. The fraction of sp³-hybridized carbons (Fsp3) is 0.686. The summed E-state index contributed by atoms with van der Waals surface area (Å²) in [4.78, 5) is 194. The van der Waals surface area contributed by atoms with Gasteiger partial charge in [-0.2, -0.15) is 0 Å². The number of nitrogens with one attached hydrogen (secondary N) is 8. The number of likely N-dealkylation sites (tertiary alicyclic amines) is 2. The molecule has 0 aromatic rings. The normalized spacial score (nSPS) is 16.7. The zero-order chi connectivity index (χ0) is 66.0. The van der Waals surface area contributed by atoms with Crippen molar-refractivity contribution < 1.29 is 87.5 Å². The van der Waals surface area contributed by atoms with Crippen LogP contribution in [-0.2, 0) is 67.1 Å². The van der Waals surface area contributed by atoms with Crippen molar-refractivity contribution in [2.75, 3.05) is 52.4 Å². The van der Waals surface area contributed by atoms with Crippen molar-refractivity contribution in [3.05, 3.63) is 0 Å². The van der Waals surface area contributed by atoms with Crippen LogP contribution in [0.4, 0.5) is 0 Å². The molecule has 2 fully saturated rings. The van der Waals surface area contributed by atoms with E-state index >= 15 is 0 Å². The van der Waals surface area contributed by atoms with Crippen LogP contribution in [0.25, 0.3) is 0 Å². The summed E-state index contributed by atoms with van der Waals surface area (Å²) in [5.41, 5.74) is 38.2. The molecule has 2 heterocycles. The van der Waals surface area contributed by atoms with Crippen LogP contribution in [0.3, 0.4) is 0 Å². The van der Waals surface area contributed by atoms with Gasteiger partial charge in [0.1, 0.15) is 54.4 Å². The Kier molecular flexibility index (Phi) is 33.8. The minimum atomic E-state index is -1.88. The van der Waals surface area contributed by atoms with Crippen molar-refractivity contribution in [2.45, 2.75) is 170 Å². The molecule has 0 spiro atoms. The third kappa shape index (κ3) is 27.6. The Labute approximate surface area is 506 Å². The molecule has 26 N–H and O–H groups in total. The SMILES string of the molecule is NCCCC[C@H](NC(=O)[C@H](CC(=O)O)NC(=O)CN)C(=O)N[C@@H](CCC(=O)O)C(=O)N1CCC[C@H]1C(=O)N[C@@H](CCCCN)C(=O)NCC(=O)N[C@@H](CC(=O)O)C(=O)N[C@@H](CCCN=C(N)N)C(=O)N1CCC[C@H]1C(=O)N[C@@H](CCCN=C(N)N)C(=O)O. The van der Waals surface area contributed by atoms with Crippen LogP contribution < -0.4 is 82.7 Å². The third-order valence-electron chi connectivity index (χ3n) is 13.9. The molecule has 0 aromatic carbocycles. The van der Waals surface area contributed by atoms with E-state index in [1.54, 1.807) is 0 Å². The number of guanidine groups is 2. The van der Waals surface area contributed by atoms with Gasteiger partial charge in [0.15, 0.2) is 11.9 Å². The number of unbranched alkanes of at least 4 members (excludes halogenated alkanes) is 2. The van der Waals surface area contributed by atoms with E-state index in [4.69, 9.17) is 40.1 Å². The second-order valence-electron chi connectivity index (χ2n) is 20.8. The molecule has 37 nitrogen and oxygen atoms in total. The van der Waals surface area contributed by atoms with Crippen molar-refractivity contribution >= 4 is 94.9 Å². The molecule has 0 bridgehead atoms. The lowest BCUT2D eigenvalue weighted by atomic mass is 10.0. The maximum atomic E-state index is 14.3. The monoisotopic (exact) mass is 1250 g/mol. The highest BCUT2D eigenvalue weighted by Gasteiger charge is 2.42. The van der Waals surface area contributed by atoms with Gasteiger partial charge >= 0.3 is 23.9 Å². The Balaban J connectivity index is 2.33. The summed E-state index contributed by atoms with van der Waals surface area (Å²) < 4.78 is 0. The average molecular weight is 1250 g/mol. The Bertz CT molecular complexity index is 2510. The molecule has 2 rings (SSSR count). The molecule has 2 aliphatic heterocycles. The molecule has 0 saturated carbocycles. The zero-order valence-corrected chi connectivity index (χ0v) is 48.9. The number of carboxylic acids is 4. The number of hydrogen-bond donors (Lipinski definition) is 19. The standard InChI is InChI=1S/C51H87N19O18/c52-17-3-1-9-27(65-45(83)34-13-7-22-70(34)48(86)30(15-16-38(73)74)67-42(80)28(10-2-4-18-53)64-43(81)32(23-39(75)76)62-36(71)25-54)41(79)61-26-37(72)63-33(24-40(77)78)44(82)66-29(11-5-19-59-50(55)56)47(85)69-21-8-14-35(69)46(84)68-31(49(87)88)12-6-20-60-51(57)58/h27-35H,1-26,52-54H2,(H,61,79)(H,62,71)(H,63,72)(H,64,81)(H,65,83)(H,66,82)(H,67,80)(H,68,84)(H,73,74)(H,75,76)(H,77,78)(H,87,88)(H4,55,56,59)(H4,57,58,60)/t27-,28-,29-,30-,31-,32-,33-,34-,35-/m0/s1. The molecule has 2 saturated heterocycles. The van der Waals surface area contributed by atoms with Gasteiger partial charge in [-0.1, -0.05) is 0 Å². The smallest absolute Gasteiger partial charge is 0.326 e. The van der Waals surface area contributed by atoms with Crippen LogP contribution in [0.1, 0.15) is 116 Å². The van der Waals surface area contributed by atoms with E-state index in [2.05, 4.69) is 52.5 Å². The van der Waals surface area contributed by atoms with E-state index in [0.717, 1.165) is 9.80 Å². The first-order valence-corrected chi connectivity index (χ1v) is 28.7. The number of nitrogens with zero attached hydrogens (tertiary/aromatic N) is 4. The number of nitrogens with two attached hydrogens (primary N) is 7. The molecule has 10 amide bonds. The Hall–Kier alpha value is -9.00. The van der Waals surface area contributed by atoms with Crippen LogP contribution >= 0.6 is 0 Å². The summed E-state index contributed by atoms with van der Waals surface area (Å²) in [6.07, 6.45) is -1.46. The first kappa shape index (κ1) is 75.1. The summed E-state index contributed by atoms with van der Waals surface area (Å²) in [6, 6.07) is -13.4. The number of carbonyl (C=O) groups is 14. The Morgan fingerprint density at radius 3 is 1.26 bits per heavy atom. The number of aliphatic carboxylic acids is 4. The van der Waals surface area contributed by atoms with Crippen molar-refractivity contribution in [1.29, 1.82) is 0 Å². The molecule has 2 aliphatic rings. The molecular weight excluding hydrogens is 1170 g/mol. The highest BCUT2D eigenvalue weighted by atomic mass is 16.4. The van der Waals surface area contributed by atoms with Crippen molar-refractivity contribution in [1.82, 2.24) is 52.3 Å². The molecule has 88 heavy (non-hydrogen) atoms. The summed E-state index contributed by atoms with van der Waals surface area (Å²) in [6.45, 7) is -1.21. The van der Waals surface area contributed by atoms with Crippen molar-refractivity contribution in [2.24, 2.45) is 50.1 Å². The number of aliphatic imine (C=N–C) groups is 2. The predicted octanol–water partition coefficient (Wildman–Crippen LogP) is -8.30. The summed E-state index contributed by atoms with van der Waals surface area (Å²) in [5.74, 6) is -15.9. The topological polar surface area (TPSA) is 629 Å². The highest BCUT2D eigenvalue weighted by molar-refractivity contribution is 5.99. The largest absolute Gasteiger partial charge is 0.481 e. The fourth-order valence-corrected chi connectivity index (χ4v) is 9.49. The molecule has 9 atom stereocenters. The molecule has 0 aliphatic carbocycles. The first-order valence-electron chi connectivity index (χ1n) is 28.7. The molecule has 0 aromatic heterocycles. The fourth-order valence-electron chi connectivity index (χ4n) is 9.49. The van der Waals surface area contributed by atoms with Gasteiger partial charge in [-0.25, -0.2) is 4.79 Å². The summed E-state index contributed by atoms with van der Waals surface area (Å²) in [5, 5.41) is 57.6. The number of carbonyl (C=O) groups excluding carboxylic acids is 10. The van der Waals surface area contributed by atoms with Gasteiger partial charge in [0.25, 0.3) is 0 Å². The minimum absolute atomic E-state index is 0.00294. The highest BCUT2D eigenvalue weighted by Crippen LogP contribution is 2.23. The quantitative estimate of drug-likeness (QED) is 0.0153. The predicted molar refractivity (Wildman–Crippen MR) is 310 cm³/mol. The van der Waals surface area contributed by atoms with E-state index in [1.807, 2.05) is 0 Å². The zero-order valence-electron chi connectivity index (χ0n) is 48.9. The van der Waals surface area contributed by atoms with Gasteiger partial charge < -0.3 is 113 Å². The number of rotatable bonds is 42. The number of hydrogen-bond acceptors (Lipinski definition) is 19. The van der Waals surface area contributed by atoms with Crippen LogP contribution in [0.15, 0.2) is 9.98 Å². The first-order chi connectivity index (χ1) is 41.6. The lowest BCUT2D eigenvalue weighted by molar-refractivity contribution is -0.145. The second kappa shape index (κ2) is 39.6. The van der Waals surface area contributed by atoms with E-state index in [0.29, 0.717) is 19.3 Å². The van der Waals surface area contributed by atoms with E-state index in [9.17, 15) is 87.5 Å². The van der Waals surface area contributed by atoms with E-state index < -0.39 is 176 Å². The Morgan fingerprint density at radius 1 is 0.443 bits per heavy atom. The molecule has 37 heteroatoms. The van der Waals surface area contributed by atoms with Gasteiger partial charge in [0.05, 0.1) is 25.9 Å². The second-order valence-corrected chi connectivity index (χ2v) is 20.8. The van der Waals surface area contributed by atoms with Crippen LogP contribution in [0.2, 0.25) is 0 Å². The minimum Gasteiger partial charge on any atom is -0.481 e. The molecule has 494 valence electrons. The summed E-state index contributed by atoms with van der Waals surface area (Å²) >= 11 is 0. The lowest BCUT2D eigenvalue weighted by Gasteiger charge is -2.31. The van der Waals surface area contributed by atoms with Crippen LogP contribution in [0, 0.1) is 0 Å². The number of carboxylic acid groups (broad SMARTS) is 4. The van der Waals surface area contributed by atoms with Gasteiger partial charge in [-0.05, 0) is 109 Å². The van der Waals surface area contributed by atoms with Gasteiger partial charge in [-0.3, -0.25) is 72.3 Å². The van der Waals surface area contributed by atoms with Gasteiger partial charge in [0, 0.05) is 32.6 Å². The van der Waals surface area contributed by atoms with Crippen LogP contribution in [-0.4, -0.2) is 232 Å². The third-order valence-corrected chi connectivity index (χ3v) is 13.9. The average Bonchev–Trinajstić information content (AvgIpc) is 1.93.